The normalized spacial score (nSPS) is 11.1. The number of rotatable bonds is 3. The largest absolute Gasteiger partial charge is 0.369 e. The molecule has 116 valence electrons. The van der Waals surface area contributed by atoms with Crippen molar-refractivity contribution in [2.75, 3.05) is 14.1 Å². The summed E-state index contributed by atoms with van der Waals surface area (Å²) in [6, 6.07) is 5.67. The van der Waals surface area contributed by atoms with E-state index in [9.17, 15) is 14.0 Å². The summed E-state index contributed by atoms with van der Waals surface area (Å²) in [5.74, 6) is -0.490. The molecule has 8 heteroatoms. The minimum absolute atomic E-state index is 0.0481. The number of aliphatic imine (C=N–C) groups is 1. The molecule has 1 aromatic carbocycles. The van der Waals surface area contributed by atoms with Crippen molar-refractivity contribution in [1.29, 1.82) is 0 Å². The SMILES string of the molecule is CN(C)C=Nc1cc(=O)n(C)c(=O)n1-c1ccc(I)cc1F. The second-order valence-corrected chi connectivity index (χ2v) is 6.07. The molecule has 0 aliphatic heterocycles. The molecule has 0 saturated heterocycles. The monoisotopic (exact) mass is 416 g/mol. The fraction of sp³-hybridized carbons (Fsp3) is 0.214. The fourth-order valence-electron chi connectivity index (χ4n) is 1.77. The van der Waals surface area contributed by atoms with Gasteiger partial charge in [-0.05, 0) is 40.8 Å². The minimum atomic E-state index is -0.654. The van der Waals surface area contributed by atoms with Crippen LogP contribution in [0.15, 0.2) is 38.8 Å². The minimum Gasteiger partial charge on any atom is -0.369 e. The van der Waals surface area contributed by atoms with Gasteiger partial charge in [-0.15, -0.1) is 0 Å². The lowest BCUT2D eigenvalue weighted by Gasteiger charge is -2.12. The van der Waals surface area contributed by atoms with E-state index in [0.717, 1.165) is 9.13 Å². The number of hydrogen-bond acceptors (Lipinski definition) is 3. The molecule has 1 heterocycles. The van der Waals surface area contributed by atoms with Crippen LogP contribution in [0.5, 0.6) is 0 Å². The van der Waals surface area contributed by atoms with Gasteiger partial charge < -0.3 is 4.90 Å². The Hall–Kier alpha value is -1.97. The molecule has 2 rings (SSSR count). The van der Waals surface area contributed by atoms with Crippen molar-refractivity contribution in [3.8, 4) is 5.69 Å². The van der Waals surface area contributed by atoms with Crippen molar-refractivity contribution in [2.24, 2.45) is 12.0 Å². The highest BCUT2D eigenvalue weighted by Gasteiger charge is 2.14. The Bertz CT molecular complexity index is 855. The zero-order chi connectivity index (χ0) is 16.4. The van der Waals surface area contributed by atoms with Crippen molar-refractivity contribution in [1.82, 2.24) is 14.0 Å². The van der Waals surface area contributed by atoms with Gasteiger partial charge in [-0.1, -0.05) is 0 Å². The van der Waals surface area contributed by atoms with E-state index in [-0.39, 0.29) is 11.5 Å². The summed E-state index contributed by atoms with van der Waals surface area (Å²) in [5.41, 5.74) is -1.11. The summed E-state index contributed by atoms with van der Waals surface area (Å²) in [7, 11) is 4.84. The molecule has 1 aromatic heterocycles. The first-order chi connectivity index (χ1) is 10.3. The molecule has 6 nitrogen and oxygen atoms in total. The lowest BCUT2D eigenvalue weighted by Crippen LogP contribution is -2.37. The molecule has 0 aliphatic carbocycles. The van der Waals surface area contributed by atoms with Crippen molar-refractivity contribution >= 4 is 34.7 Å². The molecular weight excluding hydrogens is 402 g/mol. The molecule has 2 aromatic rings. The Balaban J connectivity index is 2.80. The smallest absolute Gasteiger partial charge is 0.337 e. The number of benzene rings is 1. The molecule has 0 N–H and O–H groups in total. The van der Waals surface area contributed by atoms with Crippen molar-refractivity contribution in [3.63, 3.8) is 0 Å². The molecule has 0 bridgehead atoms. The Morgan fingerprint density at radius 3 is 2.55 bits per heavy atom. The van der Waals surface area contributed by atoms with Gasteiger partial charge in [0.1, 0.15) is 11.6 Å². The Morgan fingerprint density at radius 2 is 1.95 bits per heavy atom. The second-order valence-electron chi connectivity index (χ2n) is 4.82. The first-order valence-corrected chi connectivity index (χ1v) is 7.38. The maximum absolute atomic E-state index is 14.2. The van der Waals surface area contributed by atoms with Gasteiger partial charge in [0.25, 0.3) is 5.56 Å². The zero-order valence-electron chi connectivity index (χ0n) is 12.2. The van der Waals surface area contributed by atoms with Crippen LogP contribution in [-0.4, -0.2) is 34.5 Å². The summed E-state index contributed by atoms with van der Waals surface area (Å²) >= 11 is 1.98. The maximum Gasteiger partial charge on any atom is 0.337 e. The molecule has 0 unspecified atom stereocenters. The van der Waals surface area contributed by atoms with Gasteiger partial charge >= 0.3 is 5.69 Å². The molecule has 22 heavy (non-hydrogen) atoms. The third kappa shape index (κ3) is 3.26. The van der Waals surface area contributed by atoms with E-state index in [1.165, 1.54) is 31.6 Å². The van der Waals surface area contributed by atoms with E-state index in [1.54, 1.807) is 25.1 Å². The highest BCUT2D eigenvalue weighted by atomic mass is 127. The molecule has 0 spiro atoms. The third-order valence-electron chi connectivity index (χ3n) is 2.86. The Kier molecular flexibility index (Phi) is 4.79. The third-order valence-corrected chi connectivity index (χ3v) is 3.53. The highest BCUT2D eigenvalue weighted by molar-refractivity contribution is 14.1. The van der Waals surface area contributed by atoms with Crippen LogP contribution < -0.4 is 11.2 Å². The van der Waals surface area contributed by atoms with Crippen LogP contribution in [0.1, 0.15) is 0 Å². The first-order valence-electron chi connectivity index (χ1n) is 6.30. The van der Waals surface area contributed by atoms with E-state index in [4.69, 9.17) is 0 Å². The predicted octanol–water partition coefficient (Wildman–Crippen LogP) is 1.50. The molecule has 0 aliphatic rings. The van der Waals surface area contributed by atoms with Crippen LogP contribution in [0.4, 0.5) is 10.2 Å². The molecular formula is C14H14FIN4O2. The van der Waals surface area contributed by atoms with Gasteiger partial charge in [0.05, 0.1) is 12.0 Å². The zero-order valence-corrected chi connectivity index (χ0v) is 14.4. The van der Waals surface area contributed by atoms with Gasteiger partial charge in [0.2, 0.25) is 0 Å². The lowest BCUT2D eigenvalue weighted by atomic mass is 10.3. The Labute approximate surface area is 139 Å². The number of aromatic nitrogens is 2. The lowest BCUT2D eigenvalue weighted by molar-refractivity contribution is 0.607. The molecule has 0 saturated carbocycles. The van der Waals surface area contributed by atoms with Crippen LogP contribution >= 0.6 is 22.6 Å². The van der Waals surface area contributed by atoms with Gasteiger partial charge in [-0.2, -0.15) is 0 Å². The standard InChI is InChI=1S/C14H14FIN4O2/c1-18(2)8-17-12-7-13(21)19(3)14(22)20(12)11-5-4-9(16)6-10(11)15/h4-8H,1-3H3. The summed E-state index contributed by atoms with van der Waals surface area (Å²) in [6.07, 6.45) is 1.44. The fourth-order valence-corrected chi connectivity index (χ4v) is 2.23. The maximum atomic E-state index is 14.2. The average Bonchev–Trinajstić information content (AvgIpc) is 2.44. The van der Waals surface area contributed by atoms with Crippen molar-refractivity contribution < 1.29 is 4.39 Å². The van der Waals surface area contributed by atoms with Gasteiger partial charge in [-0.3, -0.25) is 9.36 Å². The van der Waals surface area contributed by atoms with Crippen LogP contribution in [0.2, 0.25) is 0 Å². The van der Waals surface area contributed by atoms with E-state index in [1.807, 2.05) is 22.6 Å². The summed E-state index contributed by atoms with van der Waals surface area (Å²) in [4.78, 5) is 29.9. The number of halogens is 2. The van der Waals surface area contributed by atoms with E-state index < -0.39 is 17.1 Å². The quantitative estimate of drug-likeness (QED) is 0.433. The Morgan fingerprint density at radius 1 is 1.27 bits per heavy atom. The average molecular weight is 416 g/mol. The van der Waals surface area contributed by atoms with Crippen LogP contribution in [0.25, 0.3) is 5.69 Å². The van der Waals surface area contributed by atoms with Gasteiger partial charge in [0, 0.05) is 30.8 Å². The van der Waals surface area contributed by atoms with E-state index in [0.29, 0.717) is 3.57 Å². The number of nitrogens with zero attached hydrogens (tertiary/aromatic N) is 4. The summed E-state index contributed by atoms with van der Waals surface area (Å²) < 4.78 is 16.9. The molecule has 0 amide bonds. The topological polar surface area (TPSA) is 59.6 Å². The predicted molar refractivity (Wildman–Crippen MR) is 91.8 cm³/mol. The van der Waals surface area contributed by atoms with E-state index >= 15 is 0 Å². The highest BCUT2D eigenvalue weighted by Crippen LogP contribution is 2.19. The molecule has 0 fully saturated rings. The summed E-state index contributed by atoms with van der Waals surface area (Å²) in [5, 5.41) is 0. The summed E-state index contributed by atoms with van der Waals surface area (Å²) in [6.45, 7) is 0. The van der Waals surface area contributed by atoms with Crippen LogP contribution in [-0.2, 0) is 7.05 Å². The molecule has 0 radical (unpaired) electrons. The van der Waals surface area contributed by atoms with Crippen molar-refractivity contribution in [3.05, 3.63) is 54.5 Å². The van der Waals surface area contributed by atoms with E-state index in [2.05, 4.69) is 4.99 Å². The van der Waals surface area contributed by atoms with Crippen molar-refractivity contribution in [2.45, 2.75) is 0 Å². The molecule has 0 atom stereocenters. The first kappa shape index (κ1) is 16.4. The van der Waals surface area contributed by atoms with Gasteiger partial charge in [0.15, 0.2) is 0 Å². The van der Waals surface area contributed by atoms with Gasteiger partial charge in [-0.25, -0.2) is 18.7 Å². The number of hydrogen-bond donors (Lipinski definition) is 0. The second kappa shape index (κ2) is 6.42. The van der Waals surface area contributed by atoms with Crippen LogP contribution in [0, 0.1) is 9.39 Å². The van der Waals surface area contributed by atoms with Crippen LogP contribution in [0.3, 0.4) is 0 Å².